The van der Waals surface area contributed by atoms with Crippen molar-refractivity contribution >= 4 is 0 Å². The average molecular weight is 493 g/mol. The first-order chi connectivity index (χ1) is 17.8. The van der Waals surface area contributed by atoms with Gasteiger partial charge >= 0.3 is 0 Å². The Bertz CT molecular complexity index is 801. The van der Waals surface area contributed by atoms with Crippen LogP contribution >= 0.6 is 0 Å². The van der Waals surface area contributed by atoms with Gasteiger partial charge in [-0.05, 0) is 61.8 Å². The van der Waals surface area contributed by atoms with Gasteiger partial charge in [0.2, 0.25) is 0 Å². The maximum absolute atomic E-state index is 6.10. The zero-order chi connectivity index (χ0) is 25.3. The van der Waals surface area contributed by atoms with Crippen LogP contribution in [0.1, 0.15) is 129 Å². The Labute approximate surface area is 221 Å². The summed E-state index contributed by atoms with van der Waals surface area (Å²) < 4.78 is 6.10. The van der Waals surface area contributed by atoms with Gasteiger partial charge in [0.05, 0.1) is 24.2 Å². The van der Waals surface area contributed by atoms with Gasteiger partial charge in [0.25, 0.3) is 0 Å². The molecule has 2 atom stereocenters. The molecule has 1 fully saturated rings. The van der Waals surface area contributed by atoms with Crippen LogP contribution in [0.4, 0.5) is 0 Å². The van der Waals surface area contributed by atoms with Gasteiger partial charge in [0.1, 0.15) is 5.75 Å². The van der Waals surface area contributed by atoms with E-state index in [-0.39, 0.29) is 0 Å². The summed E-state index contributed by atoms with van der Waals surface area (Å²) in [7, 11) is 0. The van der Waals surface area contributed by atoms with Crippen molar-refractivity contribution in [2.45, 2.75) is 129 Å². The third-order valence-corrected chi connectivity index (χ3v) is 8.12. The SMILES string of the molecule is CCCCCCCc1cnc(-c2ccc(OCCCC3CCCCC3CCCCCCC)cc2)cn1. The van der Waals surface area contributed by atoms with Crippen LogP contribution in [0.25, 0.3) is 11.3 Å². The van der Waals surface area contributed by atoms with Gasteiger partial charge in [-0.25, -0.2) is 0 Å². The third kappa shape index (κ3) is 10.6. The lowest BCUT2D eigenvalue weighted by molar-refractivity contribution is 0.190. The lowest BCUT2D eigenvalue weighted by Crippen LogP contribution is -2.20. The van der Waals surface area contributed by atoms with Crippen molar-refractivity contribution in [3.05, 3.63) is 42.4 Å². The van der Waals surface area contributed by atoms with E-state index in [1.165, 1.54) is 109 Å². The van der Waals surface area contributed by atoms with E-state index in [2.05, 4.69) is 48.1 Å². The van der Waals surface area contributed by atoms with Gasteiger partial charge in [-0.15, -0.1) is 0 Å². The van der Waals surface area contributed by atoms with Gasteiger partial charge in [-0.3, -0.25) is 9.97 Å². The molecule has 1 aliphatic rings. The van der Waals surface area contributed by atoms with E-state index in [0.29, 0.717) is 0 Å². The van der Waals surface area contributed by atoms with Crippen molar-refractivity contribution in [3.63, 3.8) is 0 Å². The summed E-state index contributed by atoms with van der Waals surface area (Å²) in [5.74, 6) is 2.86. The van der Waals surface area contributed by atoms with Crippen LogP contribution in [0.5, 0.6) is 5.75 Å². The summed E-state index contributed by atoms with van der Waals surface area (Å²) in [6.07, 6.45) is 28.2. The minimum atomic E-state index is 0.825. The molecule has 0 saturated heterocycles. The largest absolute Gasteiger partial charge is 0.494 e. The molecule has 0 bridgehead atoms. The Morgan fingerprint density at radius 2 is 1.33 bits per heavy atom. The van der Waals surface area contributed by atoms with Crippen LogP contribution < -0.4 is 4.74 Å². The summed E-state index contributed by atoms with van der Waals surface area (Å²) in [5, 5.41) is 0. The predicted octanol–water partition coefficient (Wildman–Crippen LogP) is 9.98. The Hall–Kier alpha value is -1.90. The number of benzene rings is 1. The first kappa shape index (κ1) is 28.7. The van der Waals surface area contributed by atoms with Crippen molar-refractivity contribution in [1.82, 2.24) is 9.97 Å². The van der Waals surface area contributed by atoms with Gasteiger partial charge < -0.3 is 4.74 Å². The number of hydrogen-bond acceptors (Lipinski definition) is 3. The highest BCUT2D eigenvalue weighted by Gasteiger charge is 2.24. The molecule has 200 valence electrons. The van der Waals surface area contributed by atoms with E-state index in [0.717, 1.165) is 47.6 Å². The Morgan fingerprint density at radius 1 is 0.694 bits per heavy atom. The van der Waals surface area contributed by atoms with E-state index in [1.54, 1.807) is 0 Å². The Morgan fingerprint density at radius 3 is 1.97 bits per heavy atom. The van der Waals surface area contributed by atoms with E-state index in [4.69, 9.17) is 4.74 Å². The molecule has 0 radical (unpaired) electrons. The maximum Gasteiger partial charge on any atom is 0.119 e. The van der Waals surface area contributed by atoms with Crippen LogP contribution in [0, 0.1) is 11.8 Å². The lowest BCUT2D eigenvalue weighted by atomic mass is 9.74. The first-order valence-corrected chi connectivity index (χ1v) is 15.3. The molecule has 3 rings (SSSR count). The fourth-order valence-electron chi connectivity index (χ4n) is 5.85. The molecule has 1 aliphatic carbocycles. The van der Waals surface area contributed by atoms with E-state index < -0.39 is 0 Å². The predicted molar refractivity (Wildman–Crippen MR) is 153 cm³/mol. The standard InChI is InChI=1S/C33H52N2O/c1-3-5-7-9-11-16-28-17-13-14-18-29(28)19-15-25-36-32-23-21-30(22-24-32)33-27-34-31(26-35-33)20-12-10-8-6-4-2/h21-24,26-29H,3-20,25H2,1-2H3. The third-order valence-electron chi connectivity index (χ3n) is 8.12. The topological polar surface area (TPSA) is 35.0 Å². The van der Waals surface area contributed by atoms with Gasteiger partial charge in [-0.2, -0.15) is 0 Å². The van der Waals surface area contributed by atoms with Crippen LogP contribution in [0.15, 0.2) is 36.7 Å². The first-order valence-electron chi connectivity index (χ1n) is 15.3. The number of hydrogen-bond donors (Lipinski definition) is 0. The Balaban J connectivity index is 1.35. The molecule has 0 amide bonds. The fourth-order valence-corrected chi connectivity index (χ4v) is 5.85. The lowest BCUT2D eigenvalue weighted by Gasteiger charge is -2.31. The highest BCUT2D eigenvalue weighted by molar-refractivity contribution is 5.58. The molecular formula is C33H52N2O. The van der Waals surface area contributed by atoms with E-state index in [1.807, 2.05) is 12.4 Å². The molecular weight excluding hydrogens is 440 g/mol. The Kier molecular flexibility index (Phi) is 14.0. The molecule has 1 aromatic carbocycles. The number of unbranched alkanes of at least 4 members (excludes halogenated alkanes) is 8. The molecule has 2 unspecified atom stereocenters. The normalized spacial score (nSPS) is 17.8. The average Bonchev–Trinajstić information content (AvgIpc) is 2.92. The van der Waals surface area contributed by atoms with E-state index in [9.17, 15) is 0 Å². The number of ether oxygens (including phenoxy) is 1. The van der Waals surface area contributed by atoms with Crippen LogP contribution in [0.3, 0.4) is 0 Å². The van der Waals surface area contributed by atoms with Crippen molar-refractivity contribution in [1.29, 1.82) is 0 Å². The molecule has 36 heavy (non-hydrogen) atoms. The smallest absolute Gasteiger partial charge is 0.119 e. The minimum absolute atomic E-state index is 0.825. The van der Waals surface area contributed by atoms with Crippen molar-refractivity contribution < 1.29 is 4.74 Å². The number of aryl methyl sites for hydroxylation is 1. The molecule has 0 aliphatic heterocycles. The molecule has 3 heteroatoms. The fraction of sp³-hybridized carbons (Fsp3) is 0.697. The van der Waals surface area contributed by atoms with Crippen LogP contribution in [-0.2, 0) is 6.42 Å². The second-order valence-corrected chi connectivity index (χ2v) is 11.1. The number of aromatic nitrogens is 2. The quantitative estimate of drug-likeness (QED) is 0.194. The molecule has 0 N–H and O–H groups in total. The second-order valence-electron chi connectivity index (χ2n) is 11.1. The number of rotatable bonds is 18. The monoisotopic (exact) mass is 492 g/mol. The van der Waals surface area contributed by atoms with Crippen molar-refractivity contribution in [3.8, 4) is 17.0 Å². The summed E-state index contributed by atoms with van der Waals surface area (Å²) in [6.45, 7) is 5.38. The molecule has 1 heterocycles. The summed E-state index contributed by atoms with van der Waals surface area (Å²) >= 11 is 0. The molecule has 1 aromatic heterocycles. The highest BCUT2D eigenvalue weighted by atomic mass is 16.5. The molecule has 2 aromatic rings. The molecule has 3 nitrogen and oxygen atoms in total. The second kappa shape index (κ2) is 17.5. The maximum atomic E-state index is 6.10. The van der Waals surface area contributed by atoms with Crippen LogP contribution in [0.2, 0.25) is 0 Å². The van der Waals surface area contributed by atoms with Crippen molar-refractivity contribution in [2.75, 3.05) is 6.61 Å². The van der Waals surface area contributed by atoms with Gasteiger partial charge in [0, 0.05) is 11.8 Å². The van der Waals surface area contributed by atoms with Gasteiger partial charge in [0.15, 0.2) is 0 Å². The highest BCUT2D eigenvalue weighted by Crippen LogP contribution is 2.36. The zero-order valence-electron chi connectivity index (χ0n) is 23.4. The van der Waals surface area contributed by atoms with Gasteiger partial charge in [-0.1, -0.05) is 104 Å². The zero-order valence-corrected chi connectivity index (χ0v) is 23.4. The molecule has 0 spiro atoms. The molecule has 1 saturated carbocycles. The summed E-state index contributed by atoms with van der Waals surface area (Å²) in [6, 6.07) is 8.38. The van der Waals surface area contributed by atoms with E-state index >= 15 is 0 Å². The summed E-state index contributed by atoms with van der Waals surface area (Å²) in [4.78, 5) is 9.30. The minimum Gasteiger partial charge on any atom is -0.494 e. The van der Waals surface area contributed by atoms with Crippen LogP contribution in [-0.4, -0.2) is 16.6 Å². The van der Waals surface area contributed by atoms with Crippen molar-refractivity contribution in [2.24, 2.45) is 11.8 Å². The summed E-state index contributed by atoms with van der Waals surface area (Å²) in [5.41, 5.74) is 3.15. The number of nitrogens with zero attached hydrogens (tertiary/aromatic N) is 2.